The predicted octanol–water partition coefficient (Wildman–Crippen LogP) is 2.97. The van der Waals surface area contributed by atoms with Crippen molar-refractivity contribution < 1.29 is 4.74 Å². The second-order valence-corrected chi connectivity index (χ2v) is 9.44. The van der Waals surface area contributed by atoms with Crippen molar-refractivity contribution in [1.82, 2.24) is 0 Å². The second kappa shape index (κ2) is 4.05. The molecular weight excluding hydrogens is 190 g/mol. The molecular formula is C11H19NOSi. The van der Waals surface area contributed by atoms with Crippen LogP contribution in [0.4, 0.5) is 5.69 Å². The van der Waals surface area contributed by atoms with Crippen molar-refractivity contribution in [2.75, 3.05) is 18.7 Å². The Labute approximate surface area is 87.6 Å². The summed E-state index contributed by atoms with van der Waals surface area (Å²) in [6.07, 6.45) is 0. The average molecular weight is 209 g/mol. The molecule has 0 aliphatic rings. The average Bonchev–Trinajstić information content (AvgIpc) is 2.15. The zero-order valence-corrected chi connectivity index (χ0v) is 10.7. The summed E-state index contributed by atoms with van der Waals surface area (Å²) in [7, 11) is 2.62. The van der Waals surface area contributed by atoms with Crippen LogP contribution < -0.4 is 9.30 Å². The Bertz CT molecular complexity index is 289. The lowest BCUT2D eigenvalue weighted by molar-refractivity contribution is 0.415. The molecule has 0 atom stereocenters. The fourth-order valence-corrected chi connectivity index (χ4v) is 2.12. The van der Waals surface area contributed by atoms with E-state index in [-0.39, 0.29) is 0 Å². The van der Waals surface area contributed by atoms with Crippen molar-refractivity contribution in [2.45, 2.75) is 19.6 Å². The van der Waals surface area contributed by atoms with Gasteiger partial charge in [0.2, 0.25) is 0 Å². The van der Waals surface area contributed by atoms with Gasteiger partial charge in [-0.25, -0.2) is 0 Å². The minimum absolute atomic E-state index is 0.915. The first-order chi connectivity index (χ1) is 6.45. The van der Waals surface area contributed by atoms with E-state index in [0.29, 0.717) is 0 Å². The fourth-order valence-electron chi connectivity index (χ4n) is 1.19. The van der Waals surface area contributed by atoms with E-state index >= 15 is 0 Å². The van der Waals surface area contributed by atoms with Gasteiger partial charge in [-0.15, -0.1) is 0 Å². The Morgan fingerprint density at radius 1 is 1.07 bits per heavy atom. The van der Waals surface area contributed by atoms with E-state index in [0.717, 1.165) is 5.75 Å². The van der Waals surface area contributed by atoms with E-state index < -0.39 is 8.24 Å². The molecule has 0 radical (unpaired) electrons. The molecule has 3 heteroatoms. The van der Waals surface area contributed by atoms with Crippen molar-refractivity contribution >= 4 is 13.9 Å². The first-order valence-corrected chi connectivity index (χ1v) is 8.28. The highest BCUT2D eigenvalue weighted by Crippen LogP contribution is 2.22. The van der Waals surface area contributed by atoms with E-state index in [4.69, 9.17) is 4.74 Å². The van der Waals surface area contributed by atoms with Gasteiger partial charge in [-0.3, -0.25) is 0 Å². The van der Waals surface area contributed by atoms with Crippen molar-refractivity contribution in [1.29, 1.82) is 0 Å². The normalized spacial score (nSPS) is 11.2. The maximum absolute atomic E-state index is 5.13. The van der Waals surface area contributed by atoms with Gasteiger partial charge in [-0.05, 0) is 31.3 Å². The van der Waals surface area contributed by atoms with Crippen LogP contribution in [-0.4, -0.2) is 22.4 Å². The lowest BCUT2D eigenvalue weighted by Gasteiger charge is -2.32. The van der Waals surface area contributed by atoms with Gasteiger partial charge < -0.3 is 9.30 Å². The third-order valence-corrected chi connectivity index (χ3v) is 4.74. The summed E-state index contributed by atoms with van der Waals surface area (Å²) in [5.41, 5.74) is 1.27. The zero-order valence-electron chi connectivity index (χ0n) is 9.66. The molecule has 14 heavy (non-hydrogen) atoms. The third kappa shape index (κ3) is 2.51. The number of benzene rings is 1. The lowest BCUT2D eigenvalue weighted by Crippen LogP contribution is -2.43. The monoisotopic (exact) mass is 209 g/mol. The van der Waals surface area contributed by atoms with E-state index in [1.54, 1.807) is 7.11 Å². The molecule has 2 nitrogen and oxygen atoms in total. The summed E-state index contributed by atoms with van der Waals surface area (Å²) in [6.45, 7) is 6.99. The minimum atomic E-state index is -1.24. The maximum atomic E-state index is 5.13. The topological polar surface area (TPSA) is 12.5 Å². The molecule has 0 unspecified atom stereocenters. The highest BCUT2D eigenvalue weighted by molar-refractivity contribution is 6.79. The first-order valence-electron chi connectivity index (χ1n) is 4.83. The van der Waals surface area contributed by atoms with Gasteiger partial charge >= 0.3 is 0 Å². The van der Waals surface area contributed by atoms with E-state index in [2.05, 4.69) is 43.4 Å². The molecule has 0 saturated carbocycles. The Kier molecular flexibility index (Phi) is 3.21. The molecule has 0 aliphatic carbocycles. The molecule has 1 aromatic rings. The standard InChI is InChI=1S/C11H19NOSi/c1-12(14(3,4)5)10-6-8-11(13-2)9-7-10/h6-9H,1-5H3. The van der Waals surface area contributed by atoms with E-state index in [1.807, 2.05) is 12.1 Å². The summed E-state index contributed by atoms with van der Waals surface area (Å²) >= 11 is 0. The van der Waals surface area contributed by atoms with Gasteiger partial charge in [0.25, 0.3) is 0 Å². The number of rotatable bonds is 3. The van der Waals surface area contributed by atoms with E-state index in [9.17, 15) is 0 Å². The molecule has 0 fully saturated rings. The van der Waals surface area contributed by atoms with Crippen LogP contribution in [0.3, 0.4) is 0 Å². The van der Waals surface area contributed by atoms with Crippen LogP contribution in [-0.2, 0) is 0 Å². The summed E-state index contributed by atoms with van der Waals surface area (Å²) in [5, 5.41) is 0. The van der Waals surface area contributed by atoms with Gasteiger partial charge in [0.15, 0.2) is 0 Å². The summed E-state index contributed by atoms with van der Waals surface area (Å²) < 4.78 is 7.51. The Balaban J connectivity index is 2.87. The van der Waals surface area contributed by atoms with Crippen LogP contribution in [0, 0.1) is 0 Å². The van der Waals surface area contributed by atoms with Crippen molar-refractivity contribution in [3.63, 3.8) is 0 Å². The zero-order chi connectivity index (χ0) is 10.8. The molecule has 78 valence electrons. The molecule has 1 rings (SSSR count). The minimum Gasteiger partial charge on any atom is -0.497 e. The Morgan fingerprint density at radius 3 is 1.93 bits per heavy atom. The quantitative estimate of drug-likeness (QED) is 0.710. The molecule has 0 spiro atoms. The van der Waals surface area contributed by atoms with E-state index in [1.165, 1.54) is 5.69 Å². The maximum Gasteiger partial charge on any atom is 0.147 e. The number of anilines is 1. The SMILES string of the molecule is COc1ccc(N(C)[Si](C)(C)C)cc1. The van der Waals surface area contributed by atoms with Crippen LogP contribution in [0.5, 0.6) is 5.75 Å². The molecule has 0 heterocycles. The summed E-state index contributed by atoms with van der Waals surface area (Å²) in [5.74, 6) is 0.915. The van der Waals surface area contributed by atoms with Crippen LogP contribution in [0.25, 0.3) is 0 Å². The van der Waals surface area contributed by atoms with Crippen molar-refractivity contribution in [2.24, 2.45) is 0 Å². The molecule has 0 N–H and O–H groups in total. The smallest absolute Gasteiger partial charge is 0.147 e. The lowest BCUT2D eigenvalue weighted by atomic mass is 10.3. The Morgan fingerprint density at radius 2 is 1.57 bits per heavy atom. The van der Waals surface area contributed by atoms with Crippen LogP contribution in [0.1, 0.15) is 0 Å². The molecule has 0 aromatic heterocycles. The van der Waals surface area contributed by atoms with Gasteiger partial charge in [-0.1, -0.05) is 19.6 Å². The van der Waals surface area contributed by atoms with Crippen LogP contribution >= 0.6 is 0 Å². The van der Waals surface area contributed by atoms with Crippen LogP contribution in [0.15, 0.2) is 24.3 Å². The molecule has 0 bridgehead atoms. The molecule has 0 amide bonds. The van der Waals surface area contributed by atoms with Gasteiger partial charge in [0.05, 0.1) is 7.11 Å². The number of methoxy groups -OCH3 is 1. The number of hydrogen-bond acceptors (Lipinski definition) is 2. The van der Waals surface area contributed by atoms with Crippen molar-refractivity contribution in [3.05, 3.63) is 24.3 Å². The molecule has 0 saturated heterocycles. The Hall–Kier alpha value is -0.963. The highest BCUT2D eigenvalue weighted by Gasteiger charge is 2.20. The summed E-state index contributed by atoms with van der Waals surface area (Å²) in [6, 6.07) is 8.23. The molecule has 1 aromatic carbocycles. The van der Waals surface area contributed by atoms with Gasteiger partial charge in [0, 0.05) is 5.69 Å². The van der Waals surface area contributed by atoms with Crippen molar-refractivity contribution in [3.8, 4) is 5.75 Å². The molecule has 0 aliphatic heterocycles. The van der Waals surface area contributed by atoms with Crippen LogP contribution in [0.2, 0.25) is 19.6 Å². The predicted molar refractivity (Wildman–Crippen MR) is 64.7 cm³/mol. The first kappa shape index (κ1) is 11.1. The second-order valence-electron chi connectivity index (χ2n) is 4.43. The largest absolute Gasteiger partial charge is 0.497 e. The highest BCUT2D eigenvalue weighted by atomic mass is 28.3. The third-order valence-electron chi connectivity index (χ3n) is 2.47. The number of hydrogen-bond donors (Lipinski definition) is 0. The number of ether oxygens (including phenoxy) is 1. The number of nitrogens with zero attached hydrogens (tertiary/aromatic N) is 1. The summed E-state index contributed by atoms with van der Waals surface area (Å²) in [4.78, 5) is 0. The van der Waals surface area contributed by atoms with Gasteiger partial charge in [0.1, 0.15) is 14.0 Å². The fraction of sp³-hybridized carbons (Fsp3) is 0.455. The van der Waals surface area contributed by atoms with Gasteiger partial charge in [-0.2, -0.15) is 0 Å².